The third-order valence-corrected chi connectivity index (χ3v) is 2.89. The number of benzene rings is 1. The van der Waals surface area contributed by atoms with Crippen LogP contribution in [-0.2, 0) is 9.47 Å². The number of nitrogens with one attached hydrogen (secondary N) is 1. The highest BCUT2D eigenvalue weighted by molar-refractivity contribution is 6.30. The fraction of sp³-hybridized carbons (Fsp3) is 0.500. The molecule has 0 saturated carbocycles. The van der Waals surface area contributed by atoms with Crippen molar-refractivity contribution in [1.29, 1.82) is 0 Å². The van der Waals surface area contributed by atoms with Crippen LogP contribution in [0.3, 0.4) is 0 Å². The van der Waals surface area contributed by atoms with Gasteiger partial charge in [-0.15, -0.1) is 0 Å². The average molecular weight is 258 g/mol. The Morgan fingerprint density at radius 3 is 3.12 bits per heavy atom. The number of methoxy groups -OCH3 is 1. The molecule has 1 heterocycles. The Morgan fingerprint density at radius 1 is 1.53 bits per heavy atom. The Hall–Kier alpha value is -0.970. The maximum atomic E-state index is 5.95. The van der Waals surface area contributed by atoms with E-state index in [9.17, 15) is 0 Å². The topological polar surface area (TPSA) is 39.7 Å². The molecule has 0 bridgehead atoms. The van der Waals surface area contributed by atoms with Gasteiger partial charge in [0.05, 0.1) is 25.5 Å². The molecule has 1 fully saturated rings. The van der Waals surface area contributed by atoms with Gasteiger partial charge in [0, 0.05) is 11.6 Å². The predicted molar refractivity (Wildman–Crippen MR) is 66.8 cm³/mol. The van der Waals surface area contributed by atoms with Crippen LogP contribution in [0.4, 0.5) is 5.69 Å². The van der Waals surface area contributed by atoms with E-state index in [2.05, 4.69) is 5.32 Å². The molecule has 1 aliphatic rings. The van der Waals surface area contributed by atoms with Crippen LogP contribution >= 0.6 is 11.6 Å². The maximum absolute atomic E-state index is 5.95. The molecule has 17 heavy (non-hydrogen) atoms. The molecule has 0 aromatic heterocycles. The van der Waals surface area contributed by atoms with Crippen molar-refractivity contribution in [3.05, 3.63) is 23.2 Å². The predicted octanol–water partition coefficient (Wildman–Crippen LogP) is 2.52. The lowest BCUT2D eigenvalue weighted by Gasteiger charge is -2.23. The number of ether oxygens (including phenoxy) is 3. The van der Waals surface area contributed by atoms with Crippen LogP contribution < -0.4 is 10.1 Å². The lowest BCUT2D eigenvalue weighted by Crippen LogP contribution is -2.30. The minimum absolute atomic E-state index is 0.174. The first-order chi connectivity index (χ1) is 8.29. The first-order valence-electron chi connectivity index (χ1n) is 5.56. The van der Waals surface area contributed by atoms with Gasteiger partial charge in [0.1, 0.15) is 12.5 Å². The van der Waals surface area contributed by atoms with E-state index in [0.29, 0.717) is 11.8 Å². The van der Waals surface area contributed by atoms with Crippen LogP contribution in [0.15, 0.2) is 18.2 Å². The number of anilines is 1. The molecule has 4 nitrogen and oxygen atoms in total. The van der Waals surface area contributed by atoms with Gasteiger partial charge in [-0.05, 0) is 24.6 Å². The van der Waals surface area contributed by atoms with E-state index in [1.807, 2.05) is 12.1 Å². The number of hydrogen-bond donors (Lipinski definition) is 1. The van der Waals surface area contributed by atoms with Crippen molar-refractivity contribution < 1.29 is 14.2 Å². The standard InChI is InChI=1S/C12H16ClNO3/c1-15-12-3-2-9(13)6-11(12)14-7-10-4-5-16-8-17-10/h2-3,6,10,14H,4-5,7-8H2,1H3. The fourth-order valence-electron chi connectivity index (χ4n) is 1.70. The Balaban J connectivity index is 1.95. The molecule has 0 amide bonds. The highest BCUT2D eigenvalue weighted by Gasteiger charge is 2.14. The molecule has 1 aromatic rings. The molecule has 1 atom stereocenters. The van der Waals surface area contributed by atoms with Crippen LogP contribution in [0.1, 0.15) is 6.42 Å². The second kappa shape index (κ2) is 6.10. The van der Waals surface area contributed by atoms with E-state index in [0.717, 1.165) is 31.0 Å². The van der Waals surface area contributed by atoms with Crippen molar-refractivity contribution in [3.63, 3.8) is 0 Å². The SMILES string of the molecule is COc1ccc(Cl)cc1NCC1CCOCO1. The summed E-state index contributed by atoms with van der Waals surface area (Å²) in [6.45, 7) is 1.85. The molecule has 1 N–H and O–H groups in total. The van der Waals surface area contributed by atoms with E-state index in [-0.39, 0.29) is 6.10 Å². The van der Waals surface area contributed by atoms with E-state index < -0.39 is 0 Å². The monoisotopic (exact) mass is 257 g/mol. The van der Waals surface area contributed by atoms with Gasteiger partial charge in [-0.3, -0.25) is 0 Å². The Kier molecular flexibility index (Phi) is 4.48. The molecule has 2 rings (SSSR count). The fourth-order valence-corrected chi connectivity index (χ4v) is 1.88. The molecular formula is C12H16ClNO3. The van der Waals surface area contributed by atoms with Crippen molar-refractivity contribution in [2.45, 2.75) is 12.5 Å². The van der Waals surface area contributed by atoms with E-state index in [4.69, 9.17) is 25.8 Å². The van der Waals surface area contributed by atoms with Crippen molar-refractivity contribution in [3.8, 4) is 5.75 Å². The van der Waals surface area contributed by atoms with Gasteiger partial charge in [-0.25, -0.2) is 0 Å². The van der Waals surface area contributed by atoms with Crippen LogP contribution in [0.5, 0.6) is 5.75 Å². The second-order valence-electron chi connectivity index (χ2n) is 3.83. The minimum atomic E-state index is 0.174. The van der Waals surface area contributed by atoms with Crippen molar-refractivity contribution in [1.82, 2.24) is 0 Å². The first-order valence-corrected chi connectivity index (χ1v) is 5.94. The Bertz CT molecular complexity index is 367. The summed E-state index contributed by atoms with van der Waals surface area (Å²) < 4.78 is 15.8. The molecule has 0 aliphatic carbocycles. The summed E-state index contributed by atoms with van der Waals surface area (Å²) in [5, 5.41) is 3.97. The summed E-state index contributed by atoms with van der Waals surface area (Å²) in [6.07, 6.45) is 1.07. The molecule has 1 aromatic carbocycles. The van der Waals surface area contributed by atoms with Crippen molar-refractivity contribution >= 4 is 17.3 Å². The van der Waals surface area contributed by atoms with E-state index in [1.165, 1.54) is 0 Å². The molecule has 1 unspecified atom stereocenters. The normalized spacial score (nSPS) is 20.0. The van der Waals surface area contributed by atoms with Gasteiger partial charge in [0.2, 0.25) is 0 Å². The van der Waals surface area contributed by atoms with Crippen LogP contribution in [0, 0.1) is 0 Å². The van der Waals surface area contributed by atoms with E-state index >= 15 is 0 Å². The molecular weight excluding hydrogens is 242 g/mol. The second-order valence-corrected chi connectivity index (χ2v) is 4.27. The van der Waals surface area contributed by atoms with Gasteiger partial charge >= 0.3 is 0 Å². The third-order valence-electron chi connectivity index (χ3n) is 2.65. The quantitative estimate of drug-likeness (QED) is 0.900. The summed E-state index contributed by atoms with van der Waals surface area (Å²) in [6, 6.07) is 5.49. The maximum Gasteiger partial charge on any atom is 0.147 e. The number of hydrogen-bond acceptors (Lipinski definition) is 4. The van der Waals surface area contributed by atoms with Crippen LogP contribution in [0.25, 0.3) is 0 Å². The van der Waals surface area contributed by atoms with E-state index in [1.54, 1.807) is 13.2 Å². The third kappa shape index (κ3) is 3.49. The zero-order chi connectivity index (χ0) is 12.1. The van der Waals surface area contributed by atoms with Gasteiger partial charge in [-0.1, -0.05) is 11.6 Å². The lowest BCUT2D eigenvalue weighted by molar-refractivity contribution is -0.133. The zero-order valence-electron chi connectivity index (χ0n) is 9.74. The molecule has 0 spiro atoms. The lowest BCUT2D eigenvalue weighted by atomic mass is 10.2. The highest BCUT2D eigenvalue weighted by Crippen LogP contribution is 2.27. The van der Waals surface area contributed by atoms with Gasteiger partial charge in [-0.2, -0.15) is 0 Å². The average Bonchev–Trinajstić information content (AvgIpc) is 2.38. The molecule has 1 aliphatic heterocycles. The van der Waals surface area contributed by atoms with Gasteiger partial charge in [0.15, 0.2) is 0 Å². The van der Waals surface area contributed by atoms with Crippen LogP contribution in [-0.4, -0.2) is 33.2 Å². The van der Waals surface area contributed by atoms with Crippen molar-refractivity contribution in [2.24, 2.45) is 0 Å². The van der Waals surface area contributed by atoms with Crippen molar-refractivity contribution in [2.75, 3.05) is 32.4 Å². The van der Waals surface area contributed by atoms with Gasteiger partial charge < -0.3 is 19.5 Å². The summed E-state index contributed by atoms with van der Waals surface area (Å²) in [7, 11) is 1.64. The molecule has 5 heteroatoms. The largest absolute Gasteiger partial charge is 0.495 e. The number of rotatable bonds is 4. The Labute approximate surface area is 106 Å². The number of halogens is 1. The zero-order valence-corrected chi connectivity index (χ0v) is 10.5. The Morgan fingerprint density at radius 2 is 2.41 bits per heavy atom. The minimum Gasteiger partial charge on any atom is -0.495 e. The highest BCUT2D eigenvalue weighted by atomic mass is 35.5. The first kappa shape index (κ1) is 12.5. The van der Waals surface area contributed by atoms with Gasteiger partial charge in [0.25, 0.3) is 0 Å². The summed E-state index contributed by atoms with van der Waals surface area (Å²) >= 11 is 5.95. The summed E-state index contributed by atoms with van der Waals surface area (Å²) in [5.74, 6) is 0.779. The molecule has 0 radical (unpaired) electrons. The molecule has 94 valence electrons. The smallest absolute Gasteiger partial charge is 0.147 e. The summed E-state index contributed by atoms with van der Waals surface area (Å²) in [5.41, 5.74) is 0.884. The summed E-state index contributed by atoms with van der Waals surface area (Å²) in [4.78, 5) is 0. The molecule has 1 saturated heterocycles. The van der Waals surface area contributed by atoms with Crippen LogP contribution in [0.2, 0.25) is 5.02 Å².